The van der Waals surface area contributed by atoms with Gasteiger partial charge >= 0.3 is 6.36 Å². The van der Waals surface area contributed by atoms with Crippen molar-refractivity contribution in [3.8, 4) is 5.75 Å². The van der Waals surface area contributed by atoms with E-state index in [2.05, 4.69) is 9.84 Å². The lowest BCUT2D eigenvalue weighted by molar-refractivity contribution is -0.274. The Bertz CT molecular complexity index is 758. The third kappa shape index (κ3) is 4.12. The second-order valence-electron chi connectivity index (χ2n) is 6.05. The molecule has 8 heteroatoms. The monoisotopic (exact) mass is 353 g/mol. The van der Waals surface area contributed by atoms with Gasteiger partial charge in [0.2, 0.25) is 0 Å². The van der Waals surface area contributed by atoms with E-state index in [4.69, 9.17) is 0 Å². The number of likely N-dealkylation sites (tertiary alicyclic amines) is 1. The zero-order chi connectivity index (χ0) is 18.0. The minimum absolute atomic E-state index is 0.0783. The molecule has 0 bridgehead atoms. The van der Waals surface area contributed by atoms with E-state index in [-0.39, 0.29) is 11.5 Å². The number of para-hydroxylation sites is 1. The van der Waals surface area contributed by atoms with E-state index in [1.165, 1.54) is 18.2 Å². The first-order valence-corrected chi connectivity index (χ1v) is 7.97. The Morgan fingerprint density at radius 3 is 2.72 bits per heavy atom. The number of aryl methyl sites for hydroxylation is 1. The summed E-state index contributed by atoms with van der Waals surface area (Å²) in [6.07, 6.45) is -1.34. The number of rotatable bonds is 3. The molecule has 2 heterocycles. The Kier molecular flexibility index (Phi) is 4.69. The van der Waals surface area contributed by atoms with E-state index in [1.807, 2.05) is 19.3 Å². The number of piperidine rings is 1. The topological polar surface area (TPSA) is 47.4 Å². The SMILES string of the molecule is Cn1ccc([C@H]2CCCN(C(=O)c3ccccc3OC(F)(F)F)C2)n1. The molecule has 1 aliphatic heterocycles. The molecule has 0 aliphatic carbocycles. The number of alkyl halides is 3. The highest BCUT2D eigenvalue weighted by atomic mass is 19.4. The fourth-order valence-corrected chi connectivity index (χ4v) is 3.08. The fourth-order valence-electron chi connectivity index (χ4n) is 3.08. The first-order chi connectivity index (χ1) is 11.8. The molecule has 0 N–H and O–H groups in total. The van der Waals surface area contributed by atoms with E-state index in [0.29, 0.717) is 13.1 Å². The number of aromatic nitrogens is 2. The van der Waals surface area contributed by atoms with Crippen LogP contribution in [0.3, 0.4) is 0 Å². The summed E-state index contributed by atoms with van der Waals surface area (Å²) in [4.78, 5) is 14.3. The van der Waals surface area contributed by atoms with Crippen molar-refractivity contribution < 1.29 is 22.7 Å². The Morgan fingerprint density at radius 1 is 1.28 bits per heavy atom. The molecule has 3 rings (SSSR count). The van der Waals surface area contributed by atoms with E-state index < -0.39 is 18.0 Å². The second-order valence-corrected chi connectivity index (χ2v) is 6.05. The second kappa shape index (κ2) is 6.78. The Labute approximate surface area is 143 Å². The Hall–Kier alpha value is -2.51. The van der Waals surface area contributed by atoms with Crippen molar-refractivity contribution in [2.75, 3.05) is 13.1 Å². The number of hydrogen-bond acceptors (Lipinski definition) is 3. The van der Waals surface area contributed by atoms with Gasteiger partial charge in [-0.05, 0) is 31.0 Å². The van der Waals surface area contributed by atoms with Gasteiger partial charge in [0.15, 0.2) is 0 Å². The van der Waals surface area contributed by atoms with Crippen LogP contribution in [-0.2, 0) is 7.05 Å². The molecule has 1 aromatic carbocycles. The number of carbonyl (C=O) groups is 1. The fraction of sp³-hybridized carbons (Fsp3) is 0.412. The van der Waals surface area contributed by atoms with Crippen molar-refractivity contribution in [2.24, 2.45) is 7.05 Å². The van der Waals surface area contributed by atoms with Gasteiger partial charge in [0.05, 0.1) is 11.3 Å². The molecule has 1 aliphatic rings. The van der Waals surface area contributed by atoms with Gasteiger partial charge in [0, 0.05) is 32.3 Å². The molecule has 0 spiro atoms. The number of benzene rings is 1. The maximum absolute atomic E-state index is 12.7. The molecule has 1 atom stereocenters. The van der Waals surface area contributed by atoms with Crippen LogP contribution in [-0.4, -0.2) is 40.0 Å². The predicted molar refractivity (Wildman–Crippen MR) is 84.2 cm³/mol. The van der Waals surface area contributed by atoms with E-state index in [0.717, 1.165) is 24.6 Å². The van der Waals surface area contributed by atoms with Crippen molar-refractivity contribution >= 4 is 5.91 Å². The third-order valence-corrected chi connectivity index (χ3v) is 4.20. The maximum atomic E-state index is 12.7. The number of hydrogen-bond donors (Lipinski definition) is 0. The van der Waals surface area contributed by atoms with Crippen LogP contribution in [0.2, 0.25) is 0 Å². The number of halogens is 3. The van der Waals surface area contributed by atoms with Crippen molar-refractivity contribution in [2.45, 2.75) is 25.1 Å². The Morgan fingerprint density at radius 2 is 2.04 bits per heavy atom. The number of amides is 1. The van der Waals surface area contributed by atoms with Gasteiger partial charge in [-0.3, -0.25) is 9.48 Å². The molecule has 5 nitrogen and oxygen atoms in total. The van der Waals surface area contributed by atoms with E-state index in [9.17, 15) is 18.0 Å². The van der Waals surface area contributed by atoms with Gasteiger partial charge in [-0.1, -0.05) is 12.1 Å². The van der Waals surface area contributed by atoms with Gasteiger partial charge in [-0.15, -0.1) is 13.2 Å². The molecular weight excluding hydrogens is 335 g/mol. The standard InChI is InChI=1S/C17H18F3N3O2/c1-22-10-8-14(21-22)12-5-4-9-23(11-12)16(24)13-6-2-3-7-15(13)25-17(18,19)20/h2-3,6-8,10,12H,4-5,9,11H2,1H3/t12-/m0/s1. The molecule has 1 saturated heterocycles. The zero-order valence-electron chi connectivity index (χ0n) is 13.7. The van der Waals surface area contributed by atoms with Gasteiger partial charge in [-0.25, -0.2) is 0 Å². The van der Waals surface area contributed by atoms with E-state index >= 15 is 0 Å². The summed E-state index contributed by atoms with van der Waals surface area (Å²) in [7, 11) is 1.82. The molecule has 2 aromatic rings. The summed E-state index contributed by atoms with van der Waals surface area (Å²) < 4.78 is 43.4. The number of ether oxygens (including phenoxy) is 1. The van der Waals surface area contributed by atoms with Crippen LogP contribution < -0.4 is 4.74 Å². The van der Waals surface area contributed by atoms with Gasteiger partial charge in [0.1, 0.15) is 5.75 Å². The highest BCUT2D eigenvalue weighted by molar-refractivity contribution is 5.97. The summed E-state index contributed by atoms with van der Waals surface area (Å²) in [5, 5.41) is 4.37. The summed E-state index contributed by atoms with van der Waals surface area (Å²) in [6.45, 7) is 0.929. The summed E-state index contributed by atoms with van der Waals surface area (Å²) in [5.41, 5.74) is 0.807. The lowest BCUT2D eigenvalue weighted by atomic mass is 9.94. The maximum Gasteiger partial charge on any atom is 0.573 e. The minimum Gasteiger partial charge on any atom is -0.405 e. The summed E-state index contributed by atoms with van der Waals surface area (Å²) in [6, 6.07) is 7.34. The van der Waals surface area contributed by atoms with E-state index in [1.54, 1.807) is 9.58 Å². The molecule has 1 amide bonds. The van der Waals surface area contributed by atoms with Crippen molar-refractivity contribution in [3.05, 3.63) is 47.8 Å². The Balaban J connectivity index is 1.79. The van der Waals surface area contributed by atoms with Crippen molar-refractivity contribution in [1.82, 2.24) is 14.7 Å². The minimum atomic E-state index is -4.84. The molecule has 1 aromatic heterocycles. The quantitative estimate of drug-likeness (QED) is 0.850. The lowest BCUT2D eigenvalue weighted by Gasteiger charge is -2.32. The summed E-state index contributed by atoms with van der Waals surface area (Å²) >= 11 is 0. The molecule has 1 fully saturated rings. The lowest BCUT2D eigenvalue weighted by Crippen LogP contribution is -2.39. The molecule has 0 saturated carbocycles. The molecule has 25 heavy (non-hydrogen) atoms. The van der Waals surface area contributed by atoms with Crippen LogP contribution >= 0.6 is 0 Å². The van der Waals surface area contributed by atoms with Crippen LogP contribution in [0.25, 0.3) is 0 Å². The third-order valence-electron chi connectivity index (χ3n) is 4.20. The molecule has 134 valence electrons. The van der Waals surface area contributed by atoms with Crippen LogP contribution in [0.15, 0.2) is 36.5 Å². The average Bonchev–Trinajstić information content (AvgIpc) is 3.00. The zero-order valence-corrected chi connectivity index (χ0v) is 13.7. The molecule has 0 radical (unpaired) electrons. The van der Waals surface area contributed by atoms with Crippen molar-refractivity contribution in [3.63, 3.8) is 0 Å². The molecule has 0 unspecified atom stereocenters. The summed E-state index contributed by atoms with van der Waals surface area (Å²) in [5.74, 6) is -0.852. The predicted octanol–water partition coefficient (Wildman–Crippen LogP) is 3.34. The molecular formula is C17H18F3N3O2. The van der Waals surface area contributed by atoms with Crippen molar-refractivity contribution in [1.29, 1.82) is 0 Å². The first-order valence-electron chi connectivity index (χ1n) is 7.97. The van der Waals surface area contributed by atoms with Gasteiger partial charge in [0.25, 0.3) is 5.91 Å². The number of carbonyl (C=O) groups excluding carboxylic acids is 1. The normalized spacial score (nSPS) is 18.2. The number of nitrogens with zero attached hydrogens (tertiary/aromatic N) is 3. The smallest absolute Gasteiger partial charge is 0.405 e. The highest BCUT2D eigenvalue weighted by Crippen LogP contribution is 2.30. The van der Waals surface area contributed by atoms with Crippen LogP contribution in [0.5, 0.6) is 5.75 Å². The van der Waals surface area contributed by atoms with Crippen LogP contribution in [0, 0.1) is 0 Å². The first kappa shape index (κ1) is 17.3. The largest absolute Gasteiger partial charge is 0.573 e. The van der Waals surface area contributed by atoms with Gasteiger partial charge in [-0.2, -0.15) is 5.10 Å². The highest BCUT2D eigenvalue weighted by Gasteiger charge is 2.34. The van der Waals surface area contributed by atoms with Gasteiger partial charge < -0.3 is 9.64 Å². The van der Waals surface area contributed by atoms with Crippen LogP contribution in [0.4, 0.5) is 13.2 Å². The average molecular weight is 353 g/mol. The van der Waals surface area contributed by atoms with Crippen LogP contribution in [0.1, 0.15) is 34.8 Å².